The van der Waals surface area contributed by atoms with Crippen molar-refractivity contribution in [3.05, 3.63) is 96.1 Å². The van der Waals surface area contributed by atoms with Crippen LogP contribution in [0.3, 0.4) is 0 Å². The molecule has 0 aliphatic heterocycles. The number of rotatable bonds is 7. The van der Waals surface area contributed by atoms with Gasteiger partial charge in [-0.2, -0.15) is 0 Å². The van der Waals surface area contributed by atoms with Crippen molar-refractivity contribution in [1.82, 2.24) is 19.9 Å². The van der Waals surface area contributed by atoms with Crippen molar-refractivity contribution in [1.29, 1.82) is 0 Å². The molecule has 0 radical (unpaired) electrons. The van der Waals surface area contributed by atoms with Gasteiger partial charge in [-0.15, -0.1) is 0 Å². The van der Waals surface area contributed by atoms with Gasteiger partial charge in [0, 0.05) is 11.1 Å². The summed E-state index contributed by atoms with van der Waals surface area (Å²) in [7, 11) is 0. The fourth-order valence-corrected chi connectivity index (χ4v) is 4.61. The van der Waals surface area contributed by atoms with Gasteiger partial charge in [-0.1, -0.05) is 60.7 Å². The highest BCUT2D eigenvalue weighted by Crippen LogP contribution is 2.29. The second-order valence-electron chi connectivity index (χ2n) is 9.31. The highest BCUT2D eigenvalue weighted by atomic mass is 16.1. The van der Waals surface area contributed by atoms with E-state index in [4.69, 9.17) is 21.4 Å². The van der Waals surface area contributed by atoms with E-state index >= 15 is 0 Å². The first-order chi connectivity index (χ1) is 18.4. The highest BCUT2D eigenvalue weighted by Gasteiger charge is 2.11. The van der Waals surface area contributed by atoms with Gasteiger partial charge < -0.3 is 21.4 Å². The topological polar surface area (TPSA) is 144 Å². The normalized spacial score (nSPS) is 11.3. The predicted octanol–water partition coefficient (Wildman–Crippen LogP) is 4.50. The van der Waals surface area contributed by atoms with Gasteiger partial charge in [-0.05, 0) is 46.5 Å². The molecule has 38 heavy (non-hydrogen) atoms. The van der Waals surface area contributed by atoms with Crippen LogP contribution in [0.5, 0.6) is 0 Å². The van der Waals surface area contributed by atoms with Crippen LogP contribution in [0.4, 0.5) is 0 Å². The van der Waals surface area contributed by atoms with Crippen molar-refractivity contribution in [2.24, 2.45) is 11.5 Å². The van der Waals surface area contributed by atoms with E-state index in [1.807, 2.05) is 60.7 Å². The Morgan fingerprint density at radius 1 is 0.553 bits per heavy atom. The Balaban J connectivity index is 1.27. The molecular weight excluding hydrogens is 476 g/mol. The number of carbonyl (C=O) groups excluding carboxylic acids is 2. The molecule has 0 unspecified atom stereocenters. The minimum Gasteiger partial charge on any atom is -0.369 e. The Morgan fingerprint density at radius 2 is 0.921 bits per heavy atom. The van der Waals surface area contributed by atoms with Crippen LogP contribution in [-0.2, 0) is 22.4 Å². The van der Waals surface area contributed by atoms with Gasteiger partial charge in [0.05, 0.1) is 34.9 Å². The Kier molecular flexibility index (Phi) is 5.69. The molecular formula is C30H24N6O2. The standard InChI is InChI=1S/C30H24N6O2/c31-27(37)13-17-1-5-19(6-2-17)29-33-23-11-9-21(15-25(23)35-29)22-10-12-24-26(16-22)36-30(34-24)20-7-3-18(4-8-20)14-28(32)38/h1-12,15-16H,13-14H2,(H2,31,37)(H2,32,38)(H,33,35)(H,34,36). The molecule has 6 N–H and O–H groups in total. The molecule has 0 fully saturated rings. The van der Waals surface area contributed by atoms with Crippen molar-refractivity contribution in [2.45, 2.75) is 12.8 Å². The number of H-pyrrole nitrogens is 2. The number of aromatic nitrogens is 4. The van der Waals surface area contributed by atoms with Gasteiger partial charge in [-0.3, -0.25) is 9.59 Å². The summed E-state index contributed by atoms with van der Waals surface area (Å²) < 4.78 is 0. The predicted molar refractivity (Wildman–Crippen MR) is 148 cm³/mol. The number of primary amides is 2. The number of amides is 2. The van der Waals surface area contributed by atoms with Crippen molar-refractivity contribution < 1.29 is 9.59 Å². The Labute approximate surface area is 217 Å². The third-order valence-electron chi connectivity index (χ3n) is 6.51. The number of carbonyl (C=O) groups is 2. The quantitative estimate of drug-likeness (QED) is 0.256. The van der Waals surface area contributed by atoms with Crippen LogP contribution in [0.25, 0.3) is 56.0 Å². The van der Waals surface area contributed by atoms with Gasteiger partial charge in [0.2, 0.25) is 11.8 Å². The molecule has 0 atom stereocenters. The zero-order valence-electron chi connectivity index (χ0n) is 20.4. The van der Waals surface area contributed by atoms with Gasteiger partial charge in [-0.25, -0.2) is 9.97 Å². The van der Waals surface area contributed by atoms with Gasteiger partial charge >= 0.3 is 0 Å². The first-order valence-electron chi connectivity index (χ1n) is 12.2. The van der Waals surface area contributed by atoms with E-state index in [9.17, 15) is 9.59 Å². The number of benzene rings is 4. The van der Waals surface area contributed by atoms with Crippen LogP contribution in [0.2, 0.25) is 0 Å². The van der Waals surface area contributed by atoms with Crippen molar-refractivity contribution in [2.75, 3.05) is 0 Å². The first kappa shape index (κ1) is 23.2. The van der Waals surface area contributed by atoms with Crippen LogP contribution in [0.1, 0.15) is 11.1 Å². The summed E-state index contributed by atoms with van der Waals surface area (Å²) in [6, 6.07) is 27.6. The maximum absolute atomic E-state index is 11.2. The lowest BCUT2D eigenvalue weighted by Crippen LogP contribution is -2.13. The molecule has 0 aliphatic rings. The Bertz CT molecular complexity index is 1680. The lowest BCUT2D eigenvalue weighted by Gasteiger charge is -2.01. The molecule has 6 rings (SSSR count). The zero-order chi connectivity index (χ0) is 26.2. The van der Waals surface area contributed by atoms with Crippen molar-refractivity contribution >= 4 is 33.9 Å². The minimum atomic E-state index is -0.353. The number of fused-ring (bicyclic) bond motifs is 2. The highest BCUT2D eigenvalue weighted by molar-refractivity contribution is 5.88. The largest absolute Gasteiger partial charge is 0.369 e. The Hall–Kier alpha value is -5.24. The second-order valence-corrected chi connectivity index (χ2v) is 9.31. The molecule has 0 saturated heterocycles. The van der Waals surface area contributed by atoms with Crippen LogP contribution >= 0.6 is 0 Å². The molecule has 0 bridgehead atoms. The molecule has 2 heterocycles. The fourth-order valence-electron chi connectivity index (χ4n) is 4.61. The summed E-state index contributed by atoms with van der Waals surface area (Å²) in [5.74, 6) is 0.817. The van der Waals surface area contributed by atoms with E-state index in [1.54, 1.807) is 0 Å². The van der Waals surface area contributed by atoms with E-state index in [1.165, 1.54) is 0 Å². The summed E-state index contributed by atoms with van der Waals surface area (Å²) in [5, 5.41) is 0. The van der Waals surface area contributed by atoms with Gasteiger partial charge in [0.25, 0.3) is 0 Å². The summed E-state index contributed by atoms with van der Waals surface area (Å²) in [6.45, 7) is 0. The van der Waals surface area contributed by atoms with Crippen LogP contribution in [0.15, 0.2) is 84.9 Å². The number of nitrogens with zero attached hydrogens (tertiary/aromatic N) is 2. The number of nitrogens with two attached hydrogens (primary N) is 2. The number of nitrogens with one attached hydrogen (secondary N) is 2. The van der Waals surface area contributed by atoms with Crippen LogP contribution < -0.4 is 11.5 Å². The van der Waals surface area contributed by atoms with E-state index in [2.05, 4.69) is 34.2 Å². The second kappa shape index (κ2) is 9.33. The molecule has 0 saturated carbocycles. The van der Waals surface area contributed by atoms with E-state index in [0.29, 0.717) is 0 Å². The van der Waals surface area contributed by atoms with Crippen molar-refractivity contribution in [3.8, 4) is 33.9 Å². The summed E-state index contributed by atoms with van der Waals surface area (Å²) in [4.78, 5) is 38.6. The molecule has 4 aromatic carbocycles. The molecule has 0 spiro atoms. The average Bonchev–Trinajstić information content (AvgIpc) is 3.52. The fraction of sp³-hybridized carbons (Fsp3) is 0.0667. The number of hydrogen-bond donors (Lipinski definition) is 4. The van der Waals surface area contributed by atoms with Gasteiger partial charge in [0.1, 0.15) is 11.6 Å². The third kappa shape index (κ3) is 4.62. The van der Waals surface area contributed by atoms with Crippen LogP contribution in [-0.4, -0.2) is 31.8 Å². The summed E-state index contributed by atoms with van der Waals surface area (Å²) >= 11 is 0. The third-order valence-corrected chi connectivity index (χ3v) is 6.51. The molecule has 8 heteroatoms. The first-order valence-corrected chi connectivity index (χ1v) is 12.2. The molecule has 6 aromatic rings. The smallest absolute Gasteiger partial charge is 0.221 e. The van der Waals surface area contributed by atoms with Gasteiger partial charge in [0.15, 0.2) is 0 Å². The molecule has 186 valence electrons. The maximum atomic E-state index is 11.2. The Morgan fingerprint density at radius 3 is 1.29 bits per heavy atom. The van der Waals surface area contributed by atoms with E-state index in [-0.39, 0.29) is 24.7 Å². The summed E-state index contributed by atoms with van der Waals surface area (Å²) in [6.07, 6.45) is 0.434. The molecule has 8 nitrogen and oxygen atoms in total. The monoisotopic (exact) mass is 500 g/mol. The number of hydrogen-bond acceptors (Lipinski definition) is 4. The van der Waals surface area contributed by atoms with E-state index in [0.717, 1.165) is 67.1 Å². The maximum Gasteiger partial charge on any atom is 0.221 e. The lowest BCUT2D eigenvalue weighted by molar-refractivity contribution is -0.118. The van der Waals surface area contributed by atoms with Crippen LogP contribution in [0, 0.1) is 0 Å². The SMILES string of the molecule is NC(=O)Cc1ccc(-c2nc3cc(-c4ccc5[nH]c(-c6ccc(CC(N)=O)cc6)nc5c4)ccc3[nH]2)cc1. The van der Waals surface area contributed by atoms with E-state index < -0.39 is 0 Å². The zero-order valence-corrected chi connectivity index (χ0v) is 20.4. The molecule has 0 aliphatic carbocycles. The number of aromatic amines is 2. The summed E-state index contributed by atoms with van der Waals surface area (Å²) in [5.41, 5.74) is 19.9. The average molecular weight is 501 g/mol. The number of imidazole rings is 2. The molecule has 2 amide bonds. The minimum absolute atomic E-state index is 0.217. The van der Waals surface area contributed by atoms with Crippen molar-refractivity contribution in [3.63, 3.8) is 0 Å². The molecule has 2 aromatic heterocycles. The lowest BCUT2D eigenvalue weighted by atomic mass is 10.0.